The second-order valence-electron chi connectivity index (χ2n) is 5.29. The van der Waals surface area contributed by atoms with Crippen molar-refractivity contribution in [2.45, 2.75) is 38.5 Å². The molecule has 1 heterocycles. The maximum Gasteiger partial charge on any atom is 0.342 e. The Morgan fingerprint density at radius 1 is 0.955 bits per heavy atom. The van der Waals surface area contributed by atoms with Gasteiger partial charge in [-0.25, -0.2) is 4.79 Å². The topological polar surface area (TPSA) is 83.9 Å². The van der Waals surface area contributed by atoms with Crippen molar-refractivity contribution in [1.29, 1.82) is 0 Å². The predicted molar refractivity (Wildman–Crippen MR) is 78.2 cm³/mol. The van der Waals surface area contributed by atoms with Crippen molar-refractivity contribution in [1.82, 2.24) is 4.90 Å². The van der Waals surface area contributed by atoms with Gasteiger partial charge >= 0.3 is 5.97 Å². The average molecular weight is 305 g/mol. The van der Waals surface area contributed by atoms with Gasteiger partial charge in [-0.2, -0.15) is 5.26 Å². The van der Waals surface area contributed by atoms with Gasteiger partial charge in [0.15, 0.2) is 0 Å². The number of carbonyl (C=O) groups is 3. The van der Waals surface area contributed by atoms with Gasteiger partial charge < -0.3 is 4.89 Å². The van der Waals surface area contributed by atoms with Crippen molar-refractivity contribution < 1.29 is 24.5 Å². The molecule has 0 aliphatic carbocycles. The van der Waals surface area contributed by atoms with Gasteiger partial charge in [-0.3, -0.25) is 14.5 Å². The first-order chi connectivity index (χ1) is 10.6. The van der Waals surface area contributed by atoms with E-state index in [1.165, 1.54) is 4.90 Å². The lowest BCUT2D eigenvalue weighted by molar-refractivity contribution is -0.234. The van der Waals surface area contributed by atoms with Gasteiger partial charge in [0.2, 0.25) is 0 Å². The van der Waals surface area contributed by atoms with Crippen molar-refractivity contribution in [3.63, 3.8) is 0 Å². The molecule has 2 amide bonds. The highest BCUT2D eigenvalue weighted by Crippen LogP contribution is 2.22. The fourth-order valence-electron chi connectivity index (χ4n) is 2.56. The number of amides is 2. The summed E-state index contributed by atoms with van der Waals surface area (Å²) in [5.74, 6) is -1.05. The summed E-state index contributed by atoms with van der Waals surface area (Å²) in [4.78, 5) is 39.8. The van der Waals surface area contributed by atoms with Crippen molar-refractivity contribution in [3.05, 3.63) is 35.4 Å². The molecule has 0 aromatic heterocycles. The number of imide groups is 1. The lowest BCUT2D eigenvalue weighted by Gasteiger charge is -2.13. The summed E-state index contributed by atoms with van der Waals surface area (Å²) in [6.07, 6.45) is 4.23. The third-order valence-corrected chi connectivity index (χ3v) is 3.74. The fraction of sp³-hybridized carbons (Fsp3) is 0.438. The van der Waals surface area contributed by atoms with Crippen LogP contribution in [0.5, 0.6) is 0 Å². The Kier molecular flexibility index (Phi) is 5.66. The lowest BCUT2D eigenvalue weighted by atomic mass is 10.1. The summed E-state index contributed by atoms with van der Waals surface area (Å²) in [7, 11) is 0. The molecule has 1 aromatic rings. The van der Waals surface area contributed by atoms with Gasteiger partial charge in [-0.05, 0) is 25.0 Å². The summed E-state index contributed by atoms with van der Waals surface area (Å²) in [6.45, 7) is 0.422. The zero-order valence-electron chi connectivity index (χ0n) is 12.3. The van der Waals surface area contributed by atoms with E-state index in [0.717, 1.165) is 25.7 Å². The Hall–Kier alpha value is -2.21. The number of hydrogen-bond donors (Lipinski definition) is 1. The van der Waals surface area contributed by atoms with E-state index in [4.69, 9.17) is 5.26 Å². The van der Waals surface area contributed by atoms with Crippen LogP contribution < -0.4 is 0 Å². The minimum atomic E-state index is -0.619. The smallest absolute Gasteiger partial charge is 0.301 e. The minimum Gasteiger partial charge on any atom is -0.301 e. The van der Waals surface area contributed by atoms with Crippen LogP contribution in [-0.4, -0.2) is 34.5 Å². The molecular weight excluding hydrogens is 286 g/mol. The molecule has 0 atom stereocenters. The molecular formula is C16H19NO5. The van der Waals surface area contributed by atoms with Crippen molar-refractivity contribution >= 4 is 17.8 Å². The van der Waals surface area contributed by atoms with Gasteiger partial charge in [0, 0.05) is 13.0 Å². The lowest BCUT2D eigenvalue weighted by Crippen LogP contribution is -2.30. The molecule has 0 unspecified atom stereocenters. The van der Waals surface area contributed by atoms with Crippen LogP contribution >= 0.6 is 0 Å². The van der Waals surface area contributed by atoms with E-state index in [9.17, 15) is 14.4 Å². The molecule has 0 radical (unpaired) electrons. The van der Waals surface area contributed by atoms with Crippen molar-refractivity contribution in [2.75, 3.05) is 6.54 Å². The molecule has 0 bridgehead atoms. The number of hydrogen-bond acceptors (Lipinski definition) is 5. The van der Waals surface area contributed by atoms with Gasteiger partial charge in [0.05, 0.1) is 11.1 Å². The quantitative estimate of drug-likeness (QED) is 0.345. The Labute approximate surface area is 128 Å². The predicted octanol–water partition coefficient (Wildman–Crippen LogP) is 2.64. The van der Waals surface area contributed by atoms with Crippen LogP contribution in [0.4, 0.5) is 0 Å². The second-order valence-corrected chi connectivity index (χ2v) is 5.29. The first-order valence-electron chi connectivity index (χ1n) is 7.44. The minimum absolute atomic E-state index is 0.203. The molecule has 6 heteroatoms. The molecule has 1 aliphatic rings. The van der Waals surface area contributed by atoms with Crippen LogP contribution in [-0.2, 0) is 9.68 Å². The van der Waals surface area contributed by atoms with Gasteiger partial charge in [-0.1, -0.05) is 31.4 Å². The Bertz CT molecular complexity index is 534. The summed E-state index contributed by atoms with van der Waals surface area (Å²) < 4.78 is 0. The van der Waals surface area contributed by atoms with Crippen molar-refractivity contribution in [2.24, 2.45) is 0 Å². The summed E-state index contributed by atoms with van der Waals surface area (Å²) in [6, 6.07) is 6.86. The van der Waals surface area contributed by atoms with Crippen LogP contribution in [0.3, 0.4) is 0 Å². The number of unbranched alkanes of at least 4 members (excludes halogenated alkanes) is 4. The van der Waals surface area contributed by atoms with E-state index in [1.54, 1.807) is 24.3 Å². The van der Waals surface area contributed by atoms with Gasteiger partial charge in [-0.15, -0.1) is 0 Å². The van der Waals surface area contributed by atoms with E-state index in [1.807, 2.05) is 0 Å². The fourth-order valence-corrected chi connectivity index (χ4v) is 2.56. The largest absolute Gasteiger partial charge is 0.342 e. The Morgan fingerprint density at radius 3 is 2.09 bits per heavy atom. The highest BCUT2D eigenvalue weighted by atomic mass is 17.1. The maximum atomic E-state index is 12.1. The number of rotatable bonds is 8. The van der Waals surface area contributed by atoms with E-state index in [0.29, 0.717) is 24.1 Å². The molecule has 0 saturated heterocycles. The highest BCUT2D eigenvalue weighted by molar-refractivity contribution is 6.21. The molecule has 1 aromatic carbocycles. The average Bonchev–Trinajstić information content (AvgIpc) is 2.78. The molecule has 0 spiro atoms. The SMILES string of the molecule is O=C(CCCCCCCN1C(=O)c2ccccc2C1=O)OO. The maximum absolute atomic E-state index is 12.1. The second kappa shape index (κ2) is 7.70. The molecule has 118 valence electrons. The highest BCUT2D eigenvalue weighted by Gasteiger charge is 2.34. The summed E-state index contributed by atoms with van der Waals surface area (Å²) in [5, 5.41) is 8.10. The van der Waals surface area contributed by atoms with Crippen molar-refractivity contribution in [3.8, 4) is 0 Å². The molecule has 1 aliphatic heterocycles. The monoisotopic (exact) mass is 305 g/mol. The Balaban J connectivity index is 1.68. The van der Waals surface area contributed by atoms with E-state index >= 15 is 0 Å². The normalized spacial score (nSPS) is 13.4. The van der Waals surface area contributed by atoms with E-state index in [-0.39, 0.29) is 18.2 Å². The first kappa shape index (κ1) is 16.2. The molecule has 6 nitrogen and oxygen atoms in total. The van der Waals surface area contributed by atoms with Crippen LogP contribution in [0.25, 0.3) is 0 Å². The van der Waals surface area contributed by atoms with Gasteiger partial charge in [0.25, 0.3) is 11.8 Å². The third-order valence-electron chi connectivity index (χ3n) is 3.74. The number of carbonyl (C=O) groups excluding carboxylic acids is 3. The Morgan fingerprint density at radius 2 is 1.50 bits per heavy atom. The third kappa shape index (κ3) is 3.71. The molecule has 1 N–H and O–H groups in total. The molecule has 22 heavy (non-hydrogen) atoms. The molecule has 2 rings (SSSR count). The van der Waals surface area contributed by atoms with E-state index in [2.05, 4.69) is 4.89 Å². The van der Waals surface area contributed by atoms with E-state index < -0.39 is 5.97 Å². The zero-order valence-corrected chi connectivity index (χ0v) is 12.3. The van der Waals surface area contributed by atoms with Crippen LogP contribution in [0.1, 0.15) is 59.2 Å². The summed E-state index contributed by atoms with van der Waals surface area (Å²) in [5.41, 5.74) is 0.963. The van der Waals surface area contributed by atoms with Crippen LogP contribution in [0.15, 0.2) is 24.3 Å². The standard InChI is InChI=1S/C16H19NO5/c18-14(22-21)10-4-2-1-3-7-11-17-15(19)12-8-5-6-9-13(12)16(17)20/h5-6,8-9,21H,1-4,7,10-11H2. The van der Waals surface area contributed by atoms with Crippen LogP contribution in [0.2, 0.25) is 0 Å². The number of fused-ring (bicyclic) bond motifs is 1. The van der Waals surface area contributed by atoms with Crippen LogP contribution in [0, 0.1) is 0 Å². The molecule has 0 saturated carbocycles. The zero-order chi connectivity index (χ0) is 15.9. The number of benzene rings is 1. The summed E-state index contributed by atoms with van der Waals surface area (Å²) >= 11 is 0. The van der Waals surface area contributed by atoms with Gasteiger partial charge in [0.1, 0.15) is 0 Å². The number of nitrogens with zero attached hydrogens (tertiary/aromatic N) is 1. The molecule has 0 fully saturated rings. The first-order valence-corrected chi connectivity index (χ1v) is 7.44.